The van der Waals surface area contributed by atoms with Crippen LogP contribution in [0.2, 0.25) is 0 Å². The third-order valence-corrected chi connectivity index (χ3v) is 5.02. The maximum Gasteiger partial charge on any atom is 0.229 e. The number of rotatable bonds is 3. The van der Waals surface area contributed by atoms with Gasteiger partial charge in [-0.25, -0.2) is 0 Å². The van der Waals surface area contributed by atoms with Crippen molar-refractivity contribution in [2.24, 2.45) is 11.3 Å². The average Bonchev–Trinajstić information content (AvgIpc) is 2.37. The van der Waals surface area contributed by atoms with E-state index >= 15 is 0 Å². The molecule has 2 atom stereocenters. The van der Waals surface area contributed by atoms with Crippen molar-refractivity contribution in [3.63, 3.8) is 0 Å². The Morgan fingerprint density at radius 2 is 1.63 bits per heavy atom. The highest BCUT2D eigenvalue weighted by Crippen LogP contribution is 2.45. The van der Waals surface area contributed by atoms with Crippen LogP contribution < -0.4 is 0 Å². The number of hydrogen-bond donors (Lipinski definition) is 1. The van der Waals surface area contributed by atoms with Crippen molar-refractivity contribution in [3.05, 3.63) is 0 Å². The number of aliphatic hydroxyl groups excluding tert-OH is 1. The molecule has 4 heteroatoms. The van der Waals surface area contributed by atoms with E-state index in [1.54, 1.807) is 0 Å². The molecule has 2 unspecified atom stereocenters. The summed E-state index contributed by atoms with van der Waals surface area (Å²) in [6, 6.07) is -0.203. The molecule has 0 aromatic carbocycles. The summed E-state index contributed by atoms with van der Waals surface area (Å²) in [6.07, 6.45) is 6.57. The number of nitrogens with zero attached hydrogens (tertiary/aromatic N) is 1. The van der Waals surface area contributed by atoms with E-state index < -0.39 is 0 Å². The highest BCUT2D eigenvalue weighted by Gasteiger charge is 2.45. The van der Waals surface area contributed by atoms with E-state index in [1.807, 2.05) is 13.8 Å². The van der Waals surface area contributed by atoms with Crippen LogP contribution in [-0.4, -0.2) is 34.5 Å². The van der Waals surface area contributed by atoms with E-state index in [0.29, 0.717) is 12.8 Å². The lowest BCUT2D eigenvalue weighted by atomic mass is 9.67. The molecule has 108 valence electrons. The highest BCUT2D eigenvalue weighted by molar-refractivity contribution is 5.99. The topological polar surface area (TPSA) is 57.6 Å². The van der Waals surface area contributed by atoms with Crippen molar-refractivity contribution in [1.29, 1.82) is 0 Å². The Hall–Kier alpha value is -0.900. The molecule has 1 saturated heterocycles. The molecule has 2 amide bonds. The van der Waals surface area contributed by atoms with Gasteiger partial charge in [0.2, 0.25) is 11.8 Å². The van der Waals surface area contributed by atoms with Gasteiger partial charge in [-0.05, 0) is 31.1 Å². The van der Waals surface area contributed by atoms with Gasteiger partial charge in [0.05, 0.1) is 0 Å². The summed E-state index contributed by atoms with van der Waals surface area (Å²) < 4.78 is 0. The first-order valence-corrected chi connectivity index (χ1v) is 7.45. The molecule has 2 fully saturated rings. The second-order valence-corrected chi connectivity index (χ2v) is 6.47. The second-order valence-electron chi connectivity index (χ2n) is 6.47. The molecule has 19 heavy (non-hydrogen) atoms. The number of carbonyl (C=O) groups is 2. The Morgan fingerprint density at radius 1 is 1.11 bits per heavy atom. The summed E-state index contributed by atoms with van der Waals surface area (Å²) in [5, 5.41) is 9.20. The minimum Gasteiger partial charge on any atom is -0.396 e. The lowest BCUT2D eigenvalue weighted by Crippen LogP contribution is -2.54. The lowest BCUT2D eigenvalue weighted by Gasteiger charge is -2.44. The molecular weight excluding hydrogens is 242 g/mol. The van der Waals surface area contributed by atoms with Gasteiger partial charge in [-0.2, -0.15) is 0 Å². The number of carbonyl (C=O) groups excluding carboxylic acids is 2. The summed E-state index contributed by atoms with van der Waals surface area (Å²) >= 11 is 0. The number of hydrogen-bond acceptors (Lipinski definition) is 3. The van der Waals surface area contributed by atoms with Gasteiger partial charge in [0.15, 0.2) is 0 Å². The van der Waals surface area contributed by atoms with Gasteiger partial charge in [-0.3, -0.25) is 14.5 Å². The highest BCUT2D eigenvalue weighted by atomic mass is 16.3. The second kappa shape index (κ2) is 5.61. The van der Waals surface area contributed by atoms with Crippen molar-refractivity contribution >= 4 is 11.8 Å². The van der Waals surface area contributed by atoms with Crippen molar-refractivity contribution in [3.8, 4) is 0 Å². The monoisotopic (exact) mass is 267 g/mol. The fraction of sp³-hybridized carbons (Fsp3) is 0.867. The molecule has 2 rings (SSSR count). The minimum absolute atomic E-state index is 0.00334. The Balaban J connectivity index is 2.10. The molecule has 2 aliphatic rings. The van der Waals surface area contributed by atoms with E-state index in [2.05, 4.69) is 0 Å². The van der Waals surface area contributed by atoms with Crippen LogP contribution in [0, 0.1) is 11.3 Å². The summed E-state index contributed by atoms with van der Waals surface area (Å²) in [5.41, 5.74) is -0.0505. The Kier molecular flexibility index (Phi) is 4.29. The van der Waals surface area contributed by atoms with Crippen LogP contribution in [0.25, 0.3) is 0 Å². The molecule has 1 N–H and O–H groups in total. The molecule has 1 heterocycles. The van der Waals surface area contributed by atoms with Crippen molar-refractivity contribution in [1.82, 2.24) is 4.90 Å². The third-order valence-electron chi connectivity index (χ3n) is 5.02. The maximum absolute atomic E-state index is 12.4. The Bertz CT molecular complexity index is 340. The zero-order valence-electron chi connectivity index (χ0n) is 12.0. The van der Waals surface area contributed by atoms with E-state index in [-0.39, 0.29) is 35.8 Å². The molecule has 0 radical (unpaired) electrons. The number of likely N-dealkylation sites (tertiary alicyclic amines) is 1. The van der Waals surface area contributed by atoms with Crippen LogP contribution >= 0.6 is 0 Å². The van der Waals surface area contributed by atoms with Crippen LogP contribution in [0.3, 0.4) is 0 Å². The van der Waals surface area contributed by atoms with Gasteiger partial charge in [0.25, 0.3) is 0 Å². The van der Waals surface area contributed by atoms with Crippen LogP contribution in [0.5, 0.6) is 0 Å². The summed E-state index contributed by atoms with van der Waals surface area (Å²) in [4.78, 5) is 26.1. The molecule has 0 bridgehead atoms. The van der Waals surface area contributed by atoms with Crippen LogP contribution in [0.4, 0.5) is 0 Å². The zero-order valence-corrected chi connectivity index (χ0v) is 12.0. The van der Waals surface area contributed by atoms with E-state index in [0.717, 1.165) is 25.7 Å². The number of imide groups is 1. The van der Waals surface area contributed by atoms with Gasteiger partial charge in [-0.15, -0.1) is 0 Å². The smallest absolute Gasteiger partial charge is 0.229 e. The van der Waals surface area contributed by atoms with Crippen molar-refractivity contribution < 1.29 is 14.7 Å². The third kappa shape index (κ3) is 2.83. The normalized spacial score (nSPS) is 26.6. The fourth-order valence-electron chi connectivity index (χ4n) is 3.53. The van der Waals surface area contributed by atoms with Crippen molar-refractivity contribution in [2.75, 3.05) is 6.61 Å². The van der Waals surface area contributed by atoms with Crippen LogP contribution in [0.15, 0.2) is 0 Å². The SMILES string of the molecule is CC(CO)C(C)N1C(=O)CC2(CCCCC2)CC1=O. The summed E-state index contributed by atoms with van der Waals surface area (Å²) in [6.45, 7) is 3.73. The fourth-order valence-corrected chi connectivity index (χ4v) is 3.53. The quantitative estimate of drug-likeness (QED) is 0.797. The molecule has 1 saturated carbocycles. The molecule has 1 aliphatic carbocycles. The van der Waals surface area contributed by atoms with Gasteiger partial charge in [0, 0.05) is 25.5 Å². The first-order valence-electron chi connectivity index (χ1n) is 7.45. The molecule has 0 aromatic rings. The Morgan fingerprint density at radius 3 is 2.11 bits per heavy atom. The van der Waals surface area contributed by atoms with Crippen molar-refractivity contribution in [2.45, 2.75) is 64.8 Å². The summed E-state index contributed by atoms with van der Waals surface area (Å²) in [7, 11) is 0. The van der Waals surface area contributed by atoms with Gasteiger partial charge in [-0.1, -0.05) is 26.2 Å². The van der Waals surface area contributed by atoms with Crippen LogP contribution in [0.1, 0.15) is 58.8 Å². The van der Waals surface area contributed by atoms with E-state index in [1.165, 1.54) is 11.3 Å². The van der Waals surface area contributed by atoms with E-state index in [4.69, 9.17) is 0 Å². The first kappa shape index (κ1) is 14.5. The number of amides is 2. The maximum atomic E-state index is 12.4. The average molecular weight is 267 g/mol. The largest absolute Gasteiger partial charge is 0.396 e. The Labute approximate surface area is 115 Å². The predicted molar refractivity (Wildman–Crippen MR) is 72.3 cm³/mol. The van der Waals surface area contributed by atoms with Gasteiger partial charge in [0.1, 0.15) is 0 Å². The molecule has 4 nitrogen and oxygen atoms in total. The first-order chi connectivity index (χ1) is 8.99. The molecule has 0 aromatic heterocycles. The van der Waals surface area contributed by atoms with Gasteiger partial charge >= 0.3 is 0 Å². The zero-order chi connectivity index (χ0) is 14.0. The molecular formula is C15H25NO3. The van der Waals surface area contributed by atoms with Gasteiger partial charge < -0.3 is 5.11 Å². The molecule has 1 spiro atoms. The minimum atomic E-state index is -0.203. The summed E-state index contributed by atoms with van der Waals surface area (Å²) in [5.74, 6) is -0.134. The van der Waals surface area contributed by atoms with E-state index in [9.17, 15) is 14.7 Å². The lowest BCUT2D eigenvalue weighted by molar-refractivity contribution is -0.158. The standard InChI is InChI=1S/C15H25NO3/c1-11(10-17)12(2)16-13(18)8-15(9-14(16)19)6-4-3-5-7-15/h11-12,17H,3-10H2,1-2H3. The predicted octanol–water partition coefficient (Wildman–Crippen LogP) is 2.10. The number of aliphatic hydroxyl groups is 1. The molecule has 1 aliphatic heterocycles. The number of piperidine rings is 1. The van der Waals surface area contributed by atoms with Crippen LogP contribution in [-0.2, 0) is 9.59 Å².